The molecule has 2 heterocycles. The normalized spacial score (nSPS) is 30.7. The maximum Gasteiger partial charge on any atom is 0.333 e. The van der Waals surface area contributed by atoms with Crippen LogP contribution < -0.4 is 10.6 Å². The largest absolute Gasteiger partial charge is 0.390 e. The molecule has 6 atom stereocenters. The predicted molar refractivity (Wildman–Crippen MR) is 159 cm³/mol. The van der Waals surface area contributed by atoms with Crippen LogP contribution in [-0.2, 0) is 47.8 Å². The predicted octanol–water partition coefficient (Wildman–Crippen LogP) is 0.118. The summed E-state index contributed by atoms with van der Waals surface area (Å²) in [5.41, 5.74) is 0. The second kappa shape index (κ2) is 17.7. The number of hydrogen-bond acceptors (Lipinski definition) is 11. The third-order valence-electron chi connectivity index (χ3n) is 8.82. The van der Waals surface area contributed by atoms with Gasteiger partial charge in [-0.25, -0.2) is 4.79 Å². The Balaban J connectivity index is 1.30. The number of nitrogens with zero attached hydrogens (tertiary/aromatic N) is 2. The summed E-state index contributed by atoms with van der Waals surface area (Å²) in [6, 6.07) is 0. The summed E-state index contributed by atoms with van der Waals surface area (Å²) in [5, 5.41) is 16.5. The first kappa shape index (κ1) is 35.7. The number of carbonyl (C=O) groups excluding carboxylic acids is 6. The van der Waals surface area contributed by atoms with Crippen molar-refractivity contribution >= 4 is 35.5 Å². The van der Waals surface area contributed by atoms with Crippen LogP contribution >= 0.6 is 0 Å². The average molecular weight is 653 g/mol. The molecule has 46 heavy (non-hydrogen) atoms. The van der Waals surface area contributed by atoms with Crippen molar-refractivity contribution in [2.45, 2.75) is 114 Å². The van der Waals surface area contributed by atoms with Crippen molar-refractivity contribution < 1.29 is 52.9 Å². The van der Waals surface area contributed by atoms with Crippen molar-refractivity contribution in [3.05, 3.63) is 0 Å². The van der Waals surface area contributed by atoms with Crippen LogP contribution in [0, 0.1) is 5.92 Å². The molecule has 4 aliphatic rings. The lowest BCUT2D eigenvalue weighted by molar-refractivity contribution is -0.197. The minimum Gasteiger partial charge on any atom is -0.390 e. The van der Waals surface area contributed by atoms with Gasteiger partial charge in [0.25, 0.3) is 11.8 Å². The highest BCUT2D eigenvalue weighted by Gasteiger charge is 2.36. The first-order chi connectivity index (χ1) is 22.1. The molecule has 0 radical (unpaired) electrons. The van der Waals surface area contributed by atoms with Crippen molar-refractivity contribution in [2.24, 2.45) is 5.92 Å². The van der Waals surface area contributed by atoms with Gasteiger partial charge in [0.1, 0.15) is 13.1 Å². The Labute approximate surface area is 268 Å². The number of aliphatic hydroxyl groups excluding tert-OH is 1. The van der Waals surface area contributed by atoms with Crippen LogP contribution in [0.2, 0.25) is 0 Å². The summed E-state index contributed by atoms with van der Waals surface area (Å²) >= 11 is 0. The molecular weight excluding hydrogens is 604 g/mol. The summed E-state index contributed by atoms with van der Waals surface area (Å²) in [4.78, 5) is 79.9. The first-order valence-corrected chi connectivity index (χ1v) is 16.5. The molecule has 5 amide bonds. The molecule has 4 fully saturated rings. The molecule has 0 aromatic carbocycles. The number of imide groups is 1. The van der Waals surface area contributed by atoms with Gasteiger partial charge < -0.3 is 39.7 Å². The summed E-state index contributed by atoms with van der Waals surface area (Å²) < 4.78 is 18.6. The van der Waals surface area contributed by atoms with Gasteiger partial charge in [-0.1, -0.05) is 6.92 Å². The maximum atomic E-state index is 13.1. The van der Waals surface area contributed by atoms with Crippen LogP contribution in [0.4, 0.5) is 0 Å². The summed E-state index contributed by atoms with van der Waals surface area (Å²) in [6.45, 7) is 2.29. The van der Waals surface area contributed by atoms with Crippen molar-refractivity contribution in [3.63, 3.8) is 0 Å². The molecule has 2 aliphatic carbocycles. The Morgan fingerprint density at radius 2 is 1.46 bits per heavy atom. The Kier molecular flexibility index (Phi) is 13.7. The van der Waals surface area contributed by atoms with Crippen LogP contribution in [0.5, 0.6) is 0 Å². The molecule has 2 bridgehead atoms. The van der Waals surface area contributed by atoms with Crippen molar-refractivity contribution in [1.29, 1.82) is 0 Å². The second-order valence-electron chi connectivity index (χ2n) is 12.6. The van der Waals surface area contributed by atoms with E-state index in [4.69, 9.17) is 19.0 Å². The fourth-order valence-electron chi connectivity index (χ4n) is 6.26. The quantitative estimate of drug-likeness (QED) is 0.261. The standard InChI is InChI=1S/C31H48N4O11/c1-20-6-9-23-25(16-20)44-15-13-33-27(38)19-34(18-26(37)32-12-14-43-24-17-21(45-23)7-8-22(24)36)28(39)4-2-3-5-31(42)46-35-29(40)10-11-30(35)41/h20-25,36H,2-19H2,1H3,(H,32,37)(H,33,38)/t20-,21-,22-,23-,24+,25+/m0/s1. The number of aliphatic hydroxyl groups is 1. The maximum absolute atomic E-state index is 13.1. The van der Waals surface area contributed by atoms with Crippen LogP contribution in [0.25, 0.3) is 0 Å². The van der Waals surface area contributed by atoms with Gasteiger partial charge in [0.05, 0.1) is 43.7 Å². The Morgan fingerprint density at radius 3 is 2.13 bits per heavy atom. The third kappa shape index (κ3) is 11.0. The van der Waals surface area contributed by atoms with Gasteiger partial charge in [0.15, 0.2) is 0 Å². The number of hydroxylamine groups is 2. The fraction of sp³-hybridized carbons (Fsp3) is 0.806. The SMILES string of the molecule is C[C@H]1CC[C@@H]2O[C@H]3CC[C@H](O)[C@@H](C3)OCCNC(=O)CN(C(=O)CCCCC(=O)ON3C(=O)CCC3=O)CC(=O)NCCO[C@@H]2C1. The highest BCUT2D eigenvalue weighted by molar-refractivity contribution is 6.01. The number of hydrogen-bond donors (Lipinski definition) is 3. The van der Waals surface area contributed by atoms with E-state index in [9.17, 15) is 33.9 Å². The first-order valence-electron chi connectivity index (χ1n) is 16.5. The minimum atomic E-state index is -0.761. The van der Waals surface area contributed by atoms with Crippen LogP contribution in [0.15, 0.2) is 0 Å². The highest BCUT2D eigenvalue weighted by atomic mass is 16.7. The second-order valence-corrected chi connectivity index (χ2v) is 12.6. The lowest BCUT2D eigenvalue weighted by Crippen LogP contribution is -2.46. The van der Waals surface area contributed by atoms with Crippen LogP contribution in [0.1, 0.15) is 84.0 Å². The minimum absolute atomic E-state index is 0.00304. The zero-order valence-corrected chi connectivity index (χ0v) is 26.6. The summed E-state index contributed by atoms with van der Waals surface area (Å²) in [7, 11) is 0. The molecule has 4 rings (SSSR count). The van der Waals surface area contributed by atoms with Gasteiger partial charge in [-0.3, -0.25) is 24.0 Å². The van der Waals surface area contributed by atoms with E-state index in [0.29, 0.717) is 23.8 Å². The molecule has 15 nitrogen and oxygen atoms in total. The molecular formula is C31H48N4O11. The summed E-state index contributed by atoms with van der Waals surface area (Å²) in [5.74, 6) is -2.78. The van der Waals surface area contributed by atoms with E-state index in [0.717, 1.165) is 30.6 Å². The van der Waals surface area contributed by atoms with E-state index >= 15 is 0 Å². The monoisotopic (exact) mass is 652 g/mol. The van der Waals surface area contributed by atoms with Crippen LogP contribution in [-0.4, -0.2) is 120 Å². The fourth-order valence-corrected chi connectivity index (χ4v) is 6.26. The topological polar surface area (TPSA) is 190 Å². The Morgan fingerprint density at radius 1 is 0.826 bits per heavy atom. The average Bonchev–Trinajstić information content (AvgIpc) is 3.33. The molecule has 0 aromatic heterocycles. The van der Waals surface area contributed by atoms with Gasteiger partial charge >= 0.3 is 5.97 Å². The van der Waals surface area contributed by atoms with E-state index in [1.165, 1.54) is 0 Å². The lowest BCUT2D eigenvalue weighted by Gasteiger charge is -2.40. The van der Waals surface area contributed by atoms with Gasteiger partial charge in [0, 0.05) is 45.2 Å². The van der Waals surface area contributed by atoms with Crippen molar-refractivity contribution in [2.75, 3.05) is 39.4 Å². The molecule has 258 valence electrons. The zero-order valence-electron chi connectivity index (χ0n) is 26.6. The van der Waals surface area contributed by atoms with Crippen molar-refractivity contribution in [3.8, 4) is 0 Å². The molecule has 3 N–H and O–H groups in total. The van der Waals surface area contributed by atoms with Crippen LogP contribution in [0.3, 0.4) is 0 Å². The number of carbonyl (C=O) groups is 6. The highest BCUT2D eigenvalue weighted by Crippen LogP contribution is 2.32. The summed E-state index contributed by atoms with van der Waals surface area (Å²) in [6.07, 6.45) is 3.56. The van der Waals surface area contributed by atoms with Gasteiger partial charge in [-0.2, -0.15) is 0 Å². The Bertz CT molecular complexity index is 1090. The molecule has 2 aliphatic heterocycles. The Hall–Kier alpha value is -3.14. The van der Waals surface area contributed by atoms with E-state index < -0.39 is 47.7 Å². The van der Waals surface area contributed by atoms with Crippen molar-refractivity contribution in [1.82, 2.24) is 20.6 Å². The zero-order chi connectivity index (χ0) is 33.1. The van der Waals surface area contributed by atoms with E-state index in [-0.39, 0.29) is 96.2 Å². The number of nitrogens with one attached hydrogen (secondary N) is 2. The number of unbranched alkanes of at least 4 members (excludes halogenated alkanes) is 1. The van der Waals surface area contributed by atoms with Gasteiger partial charge in [-0.15, -0.1) is 5.06 Å². The molecule has 2 saturated carbocycles. The molecule has 0 unspecified atom stereocenters. The number of rotatable bonds is 6. The van der Waals surface area contributed by atoms with E-state index in [2.05, 4.69) is 17.6 Å². The van der Waals surface area contributed by atoms with E-state index in [1.807, 2.05) is 0 Å². The van der Waals surface area contributed by atoms with Gasteiger partial charge in [-0.05, 0) is 50.9 Å². The number of fused-ring (bicyclic) bond motifs is 3. The third-order valence-corrected chi connectivity index (χ3v) is 8.82. The number of amides is 5. The molecule has 2 saturated heterocycles. The molecule has 15 heteroatoms. The lowest BCUT2D eigenvalue weighted by atomic mass is 9.85. The van der Waals surface area contributed by atoms with Gasteiger partial charge in [0.2, 0.25) is 17.7 Å². The van der Waals surface area contributed by atoms with E-state index in [1.54, 1.807) is 0 Å². The molecule has 0 spiro atoms. The smallest absolute Gasteiger partial charge is 0.333 e. The molecule has 0 aromatic rings. The number of ether oxygens (including phenoxy) is 3.